The molecule has 0 aromatic heterocycles. The van der Waals surface area contributed by atoms with E-state index in [-0.39, 0.29) is 5.91 Å². The van der Waals surface area contributed by atoms with Crippen LogP contribution in [0.3, 0.4) is 0 Å². The molecule has 0 aliphatic heterocycles. The molecule has 2 N–H and O–H groups in total. The fourth-order valence-corrected chi connectivity index (χ4v) is 2.49. The zero-order valence-corrected chi connectivity index (χ0v) is 12.9. The molecule has 2 rings (SSSR count). The number of rotatable bonds is 7. The van der Waals surface area contributed by atoms with Crippen LogP contribution in [-0.4, -0.2) is 19.0 Å². The summed E-state index contributed by atoms with van der Waals surface area (Å²) < 4.78 is 0. The highest BCUT2D eigenvalue weighted by atomic mass is 16.1. The highest BCUT2D eigenvalue weighted by Gasteiger charge is 2.40. The van der Waals surface area contributed by atoms with Crippen LogP contribution in [0.2, 0.25) is 0 Å². The van der Waals surface area contributed by atoms with Gasteiger partial charge in [0, 0.05) is 24.3 Å². The minimum Gasteiger partial charge on any atom is -0.385 e. The monoisotopic (exact) mass is 274 g/mol. The van der Waals surface area contributed by atoms with Crippen LogP contribution in [0.1, 0.15) is 55.5 Å². The van der Waals surface area contributed by atoms with Crippen LogP contribution in [0.4, 0.5) is 5.69 Å². The highest BCUT2D eigenvalue weighted by Crippen LogP contribution is 2.47. The number of benzene rings is 1. The Bertz CT molecular complexity index is 478. The number of amides is 1. The lowest BCUT2D eigenvalue weighted by Crippen LogP contribution is -2.30. The Balaban J connectivity index is 1.95. The van der Waals surface area contributed by atoms with E-state index in [9.17, 15) is 4.79 Å². The van der Waals surface area contributed by atoms with E-state index in [0.29, 0.717) is 5.41 Å². The van der Waals surface area contributed by atoms with E-state index in [1.807, 2.05) is 19.1 Å². The molecule has 0 spiro atoms. The Kier molecular flexibility index (Phi) is 4.69. The molecular formula is C17H26N2O. The maximum absolute atomic E-state index is 12.2. The molecule has 0 saturated heterocycles. The number of aryl methyl sites for hydroxylation is 1. The van der Waals surface area contributed by atoms with Gasteiger partial charge in [-0.3, -0.25) is 4.79 Å². The molecule has 1 saturated carbocycles. The van der Waals surface area contributed by atoms with Crippen molar-refractivity contribution >= 4 is 11.6 Å². The van der Waals surface area contributed by atoms with Crippen molar-refractivity contribution in [2.24, 2.45) is 5.41 Å². The molecule has 1 aliphatic carbocycles. The second kappa shape index (κ2) is 6.29. The van der Waals surface area contributed by atoms with Gasteiger partial charge in [-0.1, -0.05) is 13.8 Å². The lowest BCUT2D eigenvalue weighted by atomic mass is 10.0. The van der Waals surface area contributed by atoms with Gasteiger partial charge in [0.25, 0.3) is 5.91 Å². The van der Waals surface area contributed by atoms with Crippen molar-refractivity contribution in [3.63, 3.8) is 0 Å². The summed E-state index contributed by atoms with van der Waals surface area (Å²) in [5.74, 6) is 0.0595. The average molecular weight is 274 g/mol. The molecule has 0 heterocycles. The summed E-state index contributed by atoms with van der Waals surface area (Å²) in [6.07, 6.45) is 4.76. The lowest BCUT2D eigenvalue weighted by molar-refractivity contribution is 0.0944. The van der Waals surface area contributed by atoms with E-state index in [1.165, 1.54) is 12.8 Å². The fourth-order valence-electron chi connectivity index (χ4n) is 2.49. The van der Waals surface area contributed by atoms with E-state index in [2.05, 4.69) is 30.5 Å². The van der Waals surface area contributed by atoms with Gasteiger partial charge in [0.1, 0.15) is 0 Å². The standard InChI is InChI=1S/C17H26N2O/c1-4-10-18-14-6-7-15(13(3)11-14)16(20)19-12-17(5-2)8-9-17/h6-7,11,18H,4-5,8-10,12H2,1-3H3,(H,19,20). The predicted octanol–water partition coefficient (Wildman–Crippen LogP) is 3.74. The Morgan fingerprint density at radius 2 is 2.05 bits per heavy atom. The SMILES string of the molecule is CCCNc1ccc(C(=O)NCC2(CC)CC2)c(C)c1. The third kappa shape index (κ3) is 3.53. The number of carbonyl (C=O) groups is 1. The van der Waals surface area contributed by atoms with E-state index >= 15 is 0 Å². The Labute approximate surface area is 122 Å². The first kappa shape index (κ1) is 14.9. The molecule has 0 unspecified atom stereocenters. The van der Waals surface area contributed by atoms with Crippen molar-refractivity contribution in [3.8, 4) is 0 Å². The van der Waals surface area contributed by atoms with Gasteiger partial charge in [0.15, 0.2) is 0 Å². The Morgan fingerprint density at radius 3 is 2.60 bits per heavy atom. The van der Waals surface area contributed by atoms with Crippen LogP contribution in [0, 0.1) is 12.3 Å². The molecule has 3 heteroatoms. The van der Waals surface area contributed by atoms with Crippen LogP contribution in [0.15, 0.2) is 18.2 Å². The summed E-state index contributed by atoms with van der Waals surface area (Å²) in [6.45, 7) is 8.13. The van der Waals surface area contributed by atoms with Crippen molar-refractivity contribution in [2.45, 2.75) is 46.5 Å². The molecule has 1 aliphatic rings. The smallest absolute Gasteiger partial charge is 0.251 e. The molecule has 110 valence electrons. The third-order valence-corrected chi connectivity index (χ3v) is 4.38. The first-order chi connectivity index (χ1) is 9.60. The van der Waals surface area contributed by atoms with Crippen molar-refractivity contribution in [1.82, 2.24) is 5.32 Å². The molecule has 20 heavy (non-hydrogen) atoms. The molecule has 1 aromatic rings. The Morgan fingerprint density at radius 1 is 1.30 bits per heavy atom. The zero-order valence-electron chi connectivity index (χ0n) is 12.9. The van der Waals surface area contributed by atoms with Gasteiger partial charge in [-0.2, -0.15) is 0 Å². The molecule has 0 radical (unpaired) electrons. The number of carbonyl (C=O) groups excluding carboxylic acids is 1. The van der Waals surface area contributed by atoms with Gasteiger partial charge in [-0.15, -0.1) is 0 Å². The van der Waals surface area contributed by atoms with Gasteiger partial charge in [0.05, 0.1) is 0 Å². The predicted molar refractivity (Wildman–Crippen MR) is 84.3 cm³/mol. The summed E-state index contributed by atoms with van der Waals surface area (Å²) in [5, 5.41) is 6.44. The summed E-state index contributed by atoms with van der Waals surface area (Å²) in [4.78, 5) is 12.2. The van der Waals surface area contributed by atoms with Gasteiger partial charge in [-0.05, 0) is 61.8 Å². The van der Waals surface area contributed by atoms with Crippen LogP contribution < -0.4 is 10.6 Å². The third-order valence-electron chi connectivity index (χ3n) is 4.38. The number of anilines is 1. The molecule has 1 aromatic carbocycles. The summed E-state index contributed by atoms with van der Waals surface area (Å²) in [6, 6.07) is 5.97. The van der Waals surface area contributed by atoms with Crippen LogP contribution >= 0.6 is 0 Å². The molecule has 0 atom stereocenters. The maximum Gasteiger partial charge on any atom is 0.251 e. The van der Waals surface area contributed by atoms with Gasteiger partial charge in [0.2, 0.25) is 0 Å². The first-order valence-corrected chi connectivity index (χ1v) is 7.73. The number of hydrogen-bond acceptors (Lipinski definition) is 2. The van der Waals surface area contributed by atoms with Crippen molar-refractivity contribution in [1.29, 1.82) is 0 Å². The minimum absolute atomic E-state index is 0.0595. The summed E-state index contributed by atoms with van der Waals surface area (Å²) in [5.41, 5.74) is 3.31. The molecule has 1 fully saturated rings. The quantitative estimate of drug-likeness (QED) is 0.795. The molecular weight excluding hydrogens is 248 g/mol. The van der Waals surface area contributed by atoms with Crippen LogP contribution in [0.25, 0.3) is 0 Å². The van der Waals surface area contributed by atoms with E-state index in [4.69, 9.17) is 0 Å². The van der Waals surface area contributed by atoms with Gasteiger partial charge >= 0.3 is 0 Å². The summed E-state index contributed by atoms with van der Waals surface area (Å²) >= 11 is 0. The Hall–Kier alpha value is -1.51. The molecule has 0 bridgehead atoms. The zero-order chi connectivity index (χ0) is 14.6. The number of hydrogen-bond donors (Lipinski definition) is 2. The van der Waals surface area contributed by atoms with Gasteiger partial charge in [-0.25, -0.2) is 0 Å². The first-order valence-electron chi connectivity index (χ1n) is 7.73. The van der Waals surface area contributed by atoms with E-state index < -0.39 is 0 Å². The second-order valence-corrected chi connectivity index (χ2v) is 5.99. The maximum atomic E-state index is 12.2. The fraction of sp³-hybridized carbons (Fsp3) is 0.588. The van der Waals surface area contributed by atoms with Crippen LogP contribution in [0.5, 0.6) is 0 Å². The minimum atomic E-state index is 0.0595. The van der Waals surface area contributed by atoms with Crippen molar-refractivity contribution < 1.29 is 4.79 Å². The lowest BCUT2D eigenvalue weighted by Gasteiger charge is -2.15. The topological polar surface area (TPSA) is 41.1 Å². The van der Waals surface area contributed by atoms with E-state index in [0.717, 1.165) is 42.7 Å². The largest absolute Gasteiger partial charge is 0.385 e. The van der Waals surface area contributed by atoms with Crippen molar-refractivity contribution in [3.05, 3.63) is 29.3 Å². The molecule has 3 nitrogen and oxygen atoms in total. The summed E-state index contributed by atoms with van der Waals surface area (Å²) in [7, 11) is 0. The van der Waals surface area contributed by atoms with Crippen LogP contribution in [-0.2, 0) is 0 Å². The normalized spacial score (nSPS) is 15.8. The van der Waals surface area contributed by atoms with Crippen molar-refractivity contribution in [2.75, 3.05) is 18.4 Å². The molecule has 1 amide bonds. The second-order valence-electron chi connectivity index (χ2n) is 5.99. The number of nitrogens with one attached hydrogen (secondary N) is 2. The van der Waals surface area contributed by atoms with E-state index in [1.54, 1.807) is 0 Å². The van der Waals surface area contributed by atoms with Gasteiger partial charge < -0.3 is 10.6 Å². The highest BCUT2D eigenvalue weighted by molar-refractivity contribution is 5.96. The average Bonchev–Trinajstić information content (AvgIpc) is 3.23.